The highest BCUT2D eigenvalue weighted by Crippen LogP contribution is 2.27. The number of carbonyl (C=O) groups excluding carboxylic acids is 2. The second kappa shape index (κ2) is 8.35. The molecule has 2 heterocycles. The summed E-state index contributed by atoms with van der Waals surface area (Å²) in [5, 5.41) is 3.55. The average molecular weight is 375 g/mol. The molecular formula is C18H21N3O4S. The van der Waals surface area contributed by atoms with Gasteiger partial charge in [0.2, 0.25) is 5.91 Å². The van der Waals surface area contributed by atoms with Crippen molar-refractivity contribution in [2.24, 2.45) is 0 Å². The normalized spacial score (nSPS) is 17.6. The van der Waals surface area contributed by atoms with E-state index in [2.05, 4.69) is 15.0 Å². The van der Waals surface area contributed by atoms with Crippen LogP contribution in [-0.2, 0) is 20.9 Å². The molecule has 1 aromatic heterocycles. The Balaban J connectivity index is 1.99. The van der Waals surface area contributed by atoms with Crippen molar-refractivity contribution in [1.82, 2.24) is 14.9 Å². The van der Waals surface area contributed by atoms with Gasteiger partial charge in [-0.15, -0.1) is 0 Å². The van der Waals surface area contributed by atoms with Crippen LogP contribution in [0.4, 0.5) is 0 Å². The van der Waals surface area contributed by atoms with Gasteiger partial charge in [-0.1, -0.05) is 30.3 Å². The number of ether oxygens (including phenoxy) is 1. The fourth-order valence-corrected chi connectivity index (χ4v) is 4.07. The van der Waals surface area contributed by atoms with Crippen LogP contribution in [0.1, 0.15) is 25.7 Å². The number of nitrogens with zero attached hydrogens (tertiary/aromatic N) is 2. The summed E-state index contributed by atoms with van der Waals surface area (Å²) in [7, 11) is 1.31. The van der Waals surface area contributed by atoms with Crippen molar-refractivity contribution < 1.29 is 14.3 Å². The number of hydrogen-bond donors (Lipinski definition) is 1. The summed E-state index contributed by atoms with van der Waals surface area (Å²) >= 11 is 1.29. The minimum Gasteiger partial charge on any atom is -0.469 e. The number of carbonyl (C=O) groups is 2. The summed E-state index contributed by atoms with van der Waals surface area (Å²) in [6, 6.07) is 7.09. The van der Waals surface area contributed by atoms with Gasteiger partial charge >= 0.3 is 5.97 Å². The zero-order valence-corrected chi connectivity index (χ0v) is 15.4. The minimum absolute atomic E-state index is 0.0329. The van der Waals surface area contributed by atoms with Crippen molar-refractivity contribution in [1.29, 1.82) is 0 Å². The van der Waals surface area contributed by atoms with E-state index in [1.54, 1.807) is 18.2 Å². The van der Waals surface area contributed by atoms with Crippen LogP contribution in [0.15, 0.2) is 34.2 Å². The third-order valence-corrected chi connectivity index (χ3v) is 5.58. The number of hydrogen-bond acceptors (Lipinski definition) is 6. The Morgan fingerprint density at radius 3 is 2.96 bits per heavy atom. The van der Waals surface area contributed by atoms with Crippen molar-refractivity contribution >= 4 is 34.5 Å². The minimum atomic E-state index is -0.395. The number of aromatic nitrogens is 2. The van der Waals surface area contributed by atoms with Gasteiger partial charge in [-0.05, 0) is 25.0 Å². The maximum atomic E-state index is 12.9. The molecule has 1 aliphatic rings. The van der Waals surface area contributed by atoms with E-state index >= 15 is 0 Å². The number of methoxy groups -OCH3 is 1. The van der Waals surface area contributed by atoms with E-state index in [4.69, 9.17) is 0 Å². The molecule has 0 aliphatic carbocycles. The molecule has 1 aliphatic heterocycles. The molecule has 1 atom stereocenters. The van der Waals surface area contributed by atoms with Gasteiger partial charge in [0.1, 0.15) is 0 Å². The number of fused-ring (bicyclic) bond motifs is 1. The zero-order valence-electron chi connectivity index (χ0n) is 14.6. The summed E-state index contributed by atoms with van der Waals surface area (Å²) in [6.45, 7) is 0.843. The van der Waals surface area contributed by atoms with Gasteiger partial charge in [0.15, 0.2) is 5.16 Å². The lowest BCUT2D eigenvalue weighted by Crippen LogP contribution is -2.32. The van der Waals surface area contributed by atoms with E-state index in [1.807, 2.05) is 6.07 Å². The van der Waals surface area contributed by atoms with E-state index in [9.17, 15) is 14.4 Å². The lowest BCUT2D eigenvalue weighted by Gasteiger charge is -2.17. The van der Waals surface area contributed by atoms with Crippen LogP contribution in [0.25, 0.3) is 10.9 Å². The maximum absolute atomic E-state index is 12.9. The first-order valence-corrected chi connectivity index (χ1v) is 9.49. The SMILES string of the molecule is COC(=O)CCn1c(S[C@H]2CCCCNC2=O)nc2ccccc2c1=O. The molecule has 1 aromatic carbocycles. The fraction of sp³-hybridized carbons (Fsp3) is 0.444. The first-order chi connectivity index (χ1) is 12.6. The van der Waals surface area contributed by atoms with E-state index in [0.29, 0.717) is 22.6 Å². The van der Waals surface area contributed by atoms with Crippen molar-refractivity contribution in [2.45, 2.75) is 42.6 Å². The lowest BCUT2D eigenvalue weighted by molar-refractivity contribution is -0.140. The molecule has 2 aromatic rings. The number of benzene rings is 1. The Morgan fingerprint density at radius 1 is 1.35 bits per heavy atom. The molecule has 1 N–H and O–H groups in total. The molecule has 26 heavy (non-hydrogen) atoms. The molecule has 1 saturated heterocycles. The second-order valence-corrected chi connectivity index (χ2v) is 7.26. The first kappa shape index (κ1) is 18.4. The monoisotopic (exact) mass is 375 g/mol. The van der Waals surface area contributed by atoms with Gasteiger partial charge in [0.25, 0.3) is 5.56 Å². The number of rotatable bonds is 5. The fourth-order valence-electron chi connectivity index (χ4n) is 2.89. The molecular weight excluding hydrogens is 354 g/mol. The highest BCUT2D eigenvalue weighted by Gasteiger charge is 2.24. The van der Waals surface area contributed by atoms with Crippen molar-refractivity contribution in [3.63, 3.8) is 0 Å². The summed E-state index contributed by atoms with van der Waals surface area (Å²) in [5.41, 5.74) is 0.374. The molecule has 0 radical (unpaired) electrons. The highest BCUT2D eigenvalue weighted by molar-refractivity contribution is 8.00. The summed E-state index contributed by atoms with van der Waals surface area (Å²) < 4.78 is 6.15. The van der Waals surface area contributed by atoms with Gasteiger partial charge in [-0.3, -0.25) is 19.0 Å². The number of amides is 1. The molecule has 7 nitrogen and oxygen atoms in total. The second-order valence-electron chi connectivity index (χ2n) is 6.09. The first-order valence-electron chi connectivity index (χ1n) is 8.61. The Kier molecular flexibility index (Phi) is 5.92. The third kappa shape index (κ3) is 4.07. The van der Waals surface area contributed by atoms with E-state index in [0.717, 1.165) is 19.3 Å². The third-order valence-electron chi connectivity index (χ3n) is 4.33. The summed E-state index contributed by atoms with van der Waals surface area (Å²) in [4.78, 5) is 41.3. The molecule has 3 rings (SSSR count). The van der Waals surface area contributed by atoms with Gasteiger partial charge in [0.05, 0.1) is 29.7 Å². The van der Waals surface area contributed by atoms with Crippen LogP contribution in [0, 0.1) is 0 Å². The Morgan fingerprint density at radius 2 is 2.15 bits per heavy atom. The van der Waals surface area contributed by atoms with Crippen LogP contribution >= 0.6 is 11.8 Å². The van der Waals surface area contributed by atoms with Crippen molar-refractivity contribution in [2.75, 3.05) is 13.7 Å². The van der Waals surface area contributed by atoms with E-state index in [1.165, 1.54) is 23.4 Å². The highest BCUT2D eigenvalue weighted by atomic mass is 32.2. The number of thioether (sulfide) groups is 1. The number of nitrogens with one attached hydrogen (secondary N) is 1. The van der Waals surface area contributed by atoms with Crippen LogP contribution in [0.5, 0.6) is 0 Å². The van der Waals surface area contributed by atoms with E-state index < -0.39 is 5.97 Å². The van der Waals surface area contributed by atoms with Crippen LogP contribution in [0.2, 0.25) is 0 Å². The Bertz CT molecular complexity index is 880. The molecule has 0 bridgehead atoms. The van der Waals surface area contributed by atoms with Crippen LogP contribution in [0.3, 0.4) is 0 Å². The molecule has 138 valence electrons. The molecule has 1 fully saturated rings. The smallest absolute Gasteiger partial charge is 0.307 e. The number of para-hydroxylation sites is 1. The van der Waals surface area contributed by atoms with Crippen LogP contribution < -0.4 is 10.9 Å². The Labute approximate surface area is 155 Å². The largest absolute Gasteiger partial charge is 0.469 e. The molecule has 1 amide bonds. The lowest BCUT2D eigenvalue weighted by atomic mass is 10.2. The molecule has 0 saturated carbocycles. The summed E-state index contributed by atoms with van der Waals surface area (Å²) in [5.74, 6) is -0.428. The Hall–Kier alpha value is -2.35. The predicted molar refractivity (Wildman–Crippen MR) is 99.1 cm³/mol. The van der Waals surface area contributed by atoms with E-state index in [-0.39, 0.29) is 29.7 Å². The number of esters is 1. The summed E-state index contributed by atoms with van der Waals surface area (Å²) in [6.07, 6.45) is 2.69. The van der Waals surface area contributed by atoms with Gasteiger partial charge < -0.3 is 10.1 Å². The molecule has 0 spiro atoms. The quantitative estimate of drug-likeness (QED) is 0.632. The van der Waals surface area contributed by atoms with Gasteiger partial charge in [-0.25, -0.2) is 4.98 Å². The maximum Gasteiger partial charge on any atom is 0.307 e. The van der Waals surface area contributed by atoms with Gasteiger partial charge in [-0.2, -0.15) is 0 Å². The van der Waals surface area contributed by atoms with Crippen molar-refractivity contribution in [3.05, 3.63) is 34.6 Å². The van der Waals surface area contributed by atoms with Crippen molar-refractivity contribution in [3.8, 4) is 0 Å². The predicted octanol–water partition coefficient (Wildman–Crippen LogP) is 1.72. The topological polar surface area (TPSA) is 90.3 Å². The zero-order chi connectivity index (χ0) is 18.5. The average Bonchev–Trinajstić information content (AvgIpc) is 2.85. The molecule has 0 unspecified atom stereocenters. The van der Waals surface area contributed by atoms with Gasteiger partial charge in [0, 0.05) is 13.1 Å². The van der Waals surface area contributed by atoms with Crippen LogP contribution in [-0.4, -0.2) is 40.3 Å². The molecule has 8 heteroatoms. The standard InChI is InChI=1S/C18H21N3O4S/c1-25-15(22)9-11-21-17(24)12-6-2-3-7-13(12)20-18(21)26-14-8-4-5-10-19-16(14)23/h2-3,6-7,14H,4-5,8-11H2,1H3,(H,19,23)/t14-/m0/s1.